The highest BCUT2D eigenvalue weighted by Crippen LogP contribution is 2.34. The number of carbonyl (C=O) groups is 1. The zero-order valence-corrected chi connectivity index (χ0v) is 15.3. The Morgan fingerprint density at radius 3 is 3.00 bits per heavy atom. The van der Waals surface area contributed by atoms with Gasteiger partial charge in [-0.25, -0.2) is 4.52 Å². The Hall–Kier alpha value is -1.66. The second kappa shape index (κ2) is 5.18. The number of amides is 1. The fraction of sp³-hybridized carbons (Fsp3) is 0.294. The van der Waals surface area contributed by atoms with Gasteiger partial charge in [0.05, 0.1) is 5.52 Å². The van der Waals surface area contributed by atoms with Crippen LogP contribution < -0.4 is 0 Å². The highest BCUT2D eigenvalue weighted by molar-refractivity contribution is 9.10. The number of rotatable bonds is 1. The molecule has 3 aromatic rings. The molecule has 4 heterocycles. The minimum atomic E-state index is -0.203. The van der Waals surface area contributed by atoms with Gasteiger partial charge in [-0.05, 0) is 65.0 Å². The first-order chi connectivity index (χ1) is 10.9. The van der Waals surface area contributed by atoms with E-state index in [0.717, 1.165) is 16.4 Å². The van der Waals surface area contributed by atoms with E-state index < -0.39 is 0 Å². The predicted octanol–water partition coefficient (Wildman–Crippen LogP) is 4.14. The second-order valence-corrected chi connectivity index (χ2v) is 8.41. The molecule has 0 aliphatic carbocycles. The van der Waals surface area contributed by atoms with Crippen molar-refractivity contribution in [1.82, 2.24) is 14.5 Å². The van der Waals surface area contributed by atoms with E-state index in [1.54, 1.807) is 15.9 Å². The molecule has 0 unspecified atom stereocenters. The van der Waals surface area contributed by atoms with Crippen LogP contribution in [0.4, 0.5) is 0 Å². The van der Waals surface area contributed by atoms with E-state index in [1.807, 2.05) is 29.3 Å². The van der Waals surface area contributed by atoms with Crippen molar-refractivity contribution in [2.24, 2.45) is 0 Å². The quantitative estimate of drug-likeness (QED) is 0.627. The largest absolute Gasteiger partial charge is 0.327 e. The summed E-state index contributed by atoms with van der Waals surface area (Å²) in [4.78, 5) is 16.4. The summed E-state index contributed by atoms with van der Waals surface area (Å²) in [6.45, 7) is 4.90. The maximum atomic E-state index is 13.0. The molecule has 4 rings (SSSR count). The van der Waals surface area contributed by atoms with Gasteiger partial charge in [0.2, 0.25) is 0 Å². The number of thiophene rings is 1. The first-order valence-electron chi connectivity index (χ1n) is 7.46. The number of hydrogen-bond acceptors (Lipinski definition) is 3. The highest BCUT2D eigenvalue weighted by atomic mass is 79.9. The zero-order chi connectivity index (χ0) is 16.2. The van der Waals surface area contributed by atoms with Crippen molar-refractivity contribution >= 4 is 38.7 Å². The molecule has 0 aromatic carbocycles. The fourth-order valence-corrected chi connectivity index (χ4v) is 4.53. The van der Waals surface area contributed by atoms with Crippen molar-refractivity contribution in [3.8, 4) is 0 Å². The summed E-state index contributed by atoms with van der Waals surface area (Å²) in [6.07, 6.45) is 2.76. The standard InChI is InChI=1S/C17H16BrN3OS/c1-17(2)8-15-11(5-6-23-15)9-20(17)16(22)14-7-13-4-3-12(18)10-21(13)19-14/h3-7,10H,8-9H2,1-2H3. The first-order valence-corrected chi connectivity index (χ1v) is 9.13. The third-order valence-corrected chi connectivity index (χ3v) is 5.81. The van der Waals surface area contributed by atoms with Crippen molar-refractivity contribution in [1.29, 1.82) is 0 Å². The molecule has 1 amide bonds. The third kappa shape index (κ3) is 2.50. The molecule has 1 aliphatic rings. The Bertz CT molecular complexity index is 912. The lowest BCUT2D eigenvalue weighted by Crippen LogP contribution is -2.51. The summed E-state index contributed by atoms with van der Waals surface area (Å²) in [5.41, 5.74) is 2.47. The molecule has 0 radical (unpaired) electrons. The molecule has 0 spiro atoms. The molecule has 0 bridgehead atoms. The summed E-state index contributed by atoms with van der Waals surface area (Å²) >= 11 is 5.21. The van der Waals surface area contributed by atoms with Crippen LogP contribution in [0.3, 0.4) is 0 Å². The van der Waals surface area contributed by atoms with Crippen LogP contribution in [-0.2, 0) is 13.0 Å². The Kier molecular flexibility index (Phi) is 3.35. The maximum absolute atomic E-state index is 13.0. The van der Waals surface area contributed by atoms with E-state index in [0.29, 0.717) is 12.2 Å². The third-order valence-electron chi connectivity index (χ3n) is 4.38. The number of pyridine rings is 1. The highest BCUT2D eigenvalue weighted by Gasteiger charge is 2.37. The number of carbonyl (C=O) groups excluding carboxylic acids is 1. The summed E-state index contributed by atoms with van der Waals surface area (Å²) in [5, 5.41) is 6.56. The SMILES string of the molecule is CC1(C)Cc2sccc2CN1C(=O)c1cc2ccc(Br)cn2n1. The van der Waals surface area contributed by atoms with E-state index >= 15 is 0 Å². The molecule has 0 atom stereocenters. The van der Waals surface area contributed by atoms with Crippen LogP contribution in [0.25, 0.3) is 5.52 Å². The monoisotopic (exact) mass is 389 g/mol. The van der Waals surface area contributed by atoms with E-state index in [9.17, 15) is 4.79 Å². The van der Waals surface area contributed by atoms with E-state index in [2.05, 4.69) is 46.3 Å². The molecular weight excluding hydrogens is 374 g/mol. The van der Waals surface area contributed by atoms with Gasteiger partial charge in [0.25, 0.3) is 5.91 Å². The Balaban J connectivity index is 1.72. The topological polar surface area (TPSA) is 37.6 Å². The molecule has 23 heavy (non-hydrogen) atoms. The van der Waals surface area contributed by atoms with E-state index in [4.69, 9.17) is 0 Å². The van der Waals surface area contributed by atoms with Crippen LogP contribution in [-0.4, -0.2) is 26.0 Å². The smallest absolute Gasteiger partial charge is 0.275 e. The van der Waals surface area contributed by atoms with Crippen molar-refractivity contribution in [2.75, 3.05) is 0 Å². The average molecular weight is 390 g/mol. The van der Waals surface area contributed by atoms with Gasteiger partial charge in [-0.2, -0.15) is 5.10 Å². The molecular formula is C17H16BrN3OS. The van der Waals surface area contributed by atoms with Crippen LogP contribution in [0.2, 0.25) is 0 Å². The molecule has 6 heteroatoms. The molecule has 0 saturated heterocycles. The van der Waals surface area contributed by atoms with Crippen LogP contribution in [0.15, 0.2) is 40.3 Å². The van der Waals surface area contributed by atoms with Gasteiger partial charge in [-0.3, -0.25) is 4.79 Å². The summed E-state index contributed by atoms with van der Waals surface area (Å²) in [7, 11) is 0. The Morgan fingerprint density at radius 2 is 2.17 bits per heavy atom. The number of aromatic nitrogens is 2. The zero-order valence-electron chi connectivity index (χ0n) is 12.9. The van der Waals surface area contributed by atoms with Gasteiger partial charge in [0.15, 0.2) is 5.69 Å². The molecule has 118 valence electrons. The van der Waals surface area contributed by atoms with Crippen LogP contribution in [0.1, 0.15) is 34.8 Å². The van der Waals surface area contributed by atoms with E-state index in [1.165, 1.54) is 10.4 Å². The normalized spacial score (nSPS) is 16.6. The lowest BCUT2D eigenvalue weighted by molar-refractivity contribution is 0.0486. The van der Waals surface area contributed by atoms with Gasteiger partial charge in [-0.15, -0.1) is 11.3 Å². The van der Waals surface area contributed by atoms with E-state index in [-0.39, 0.29) is 11.4 Å². The lowest BCUT2D eigenvalue weighted by Gasteiger charge is -2.41. The van der Waals surface area contributed by atoms with Crippen LogP contribution in [0.5, 0.6) is 0 Å². The molecule has 1 aliphatic heterocycles. The van der Waals surface area contributed by atoms with Crippen molar-refractivity contribution in [3.05, 3.63) is 56.4 Å². The minimum absolute atomic E-state index is 0.00771. The Labute approximate surface area is 146 Å². The Morgan fingerprint density at radius 1 is 1.35 bits per heavy atom. The average Bonchev–Trinajstić information content (AvgIpc) is 3.09. The van der Waals surface area contributed by atoms with Crippen molar-refractivity contribution in [3.63, 3.8) is 0 Å². The number of hydrogen-bond donors (Lipinski definition) is 0. The summed E-state index contributed by atoms with van der Waals surface area (Å²) in [5.74, 6) is -0.00771. The number of halogens is 1. The molecule has 0 fully saturated rings. The molecule has 3 aromatic heterocycles. The maximum Gasteiger partial charge on any atom is 0.275 e. The van der Waals surface area contributed by atoms with Crippen LogP contribution >= 0.6 is 27.3 Å². The molecule has 4 nitrogen and oxygen atoms in total. The van der Waals surface area contributed by atoms with Crippen molar-refractivity contribution in [2.45, 2.75) is 32.4 Å². The van der Waals surface area contributed by atoms with Gasteiger partial charge in [-0.1, -0.05) is 0 Å². The fourth-order valence-electron chi connectivity index (χ4n) is 3.09. The van der Waals surface area contributed by atoms with Crippen molar-refractivity contribution < 1.29 is 4.79 Å². The van der Waals surface area contributed by atoms with Crippen LogP contribution in [0, 0.1) is 0 Å². The van der Waals surface area contributed by atoms with Gasteiger partial charge in [0, 0.05) is 34.1 Å². The predicted molar refractivity (Wildman–Crippen MR) is 94.9 cm³/mol. The number of nitrogens with zero attached hydrogens (tertiary/aromatic N) is 3. The summed E-state index contributed by atoms with van der Waals surface area (Å²) < 4.78 is 2.68. The first kappa shape index (κ1) is 14.9. The van der Waals surface area contributed by atoms with Gasteiger partial charge >= 0.3 is 0 Å². The van der Waals surface area contributed by atoms with Gasteiger partial charge < -0.3 is 4.90 Å². The molecule has 0 saturated carbocycles. The minimum Gasteiger partial charge on any atom is -0.327 e. The van der Waals surface area contributed by atoms with Gasteiger partial charge in [0.1, 0.15) is 0 Å². The molecule has 0 N–H and O–H groups in total. The lowest BCUT2D eigenvalue weighted by atomic mass is 9.90. The second-order valence-electron chi connectivity index (χ2n) is 6.50. The summed E-state index contributed by atoms with van der Waals surface area (Å²) in [6, 6.07) is 7.88. The number of fused-ring (bicyclic) bond motifs is 2.